The predicted molar refractivity (Wildman–Crippen MR) is 59.5 cm³/mol. The number of aromatic hydroxyl groups is 1. The maximum absolute atomic E-state index is 11.3. The molecule has 6 nitrogen and oxygen atoms in total. The van der Waals surface area contributed by atoms with Crippen LogP contribution in [0.4, 0.5) is 0 Å². The molecular weight excluding hydrogens is 226 g/mol. The van der Waals surface area contributed by atoms with Crippen LogP contribution >= 0.6 is 0 Å². The van der Waals surface area contributed by atoms with Gasteiger partial charge in [-0.3, -0.25) is 4.79 Å². The zero-order chi connectivity index (χ0) is 12.6. The van der Waals surface area contributed by atoms with E-state index in [0.29, 0.717) is 11.0 Å². The molecule has 0 saturated heterocycles. The molecule has 1 amide bonds. The highest BCUT2D eigenvalue weighted by molar-refractivity contribution is 6.07. The summed E-state index contributed by atoms with van der Waals surface area (Å²) in [5, 5.41) is 10.4. The van der Waals surface area contributed by atoms with Crippen molar-refractivity contribution in [1.29, 1.82) is 0 Å². The Balaban J connectivity index is 2.96. The second-order valence-electron chi connectivity index (χ2n) is 3.32. The lowest BCUT2D eigenvalue weighted by molar-refractivity contribution is 0.0994. The van der Waals surface area contributed by atoms with Gasteiger partial charge in [0.15, 0.2) is 11.3 Å². The molecule has 0 spiro atoms. The van der Waals surface area contributed by atoms with Crippen LogP contribution in [-0.4, -0.2) is 25.2 Å². The van der Waals surface area contributed by atoms with Gasteiger partial charge in [0.2, 0.25) is 5.75 Å². The standard InChI is InChI=1S/C11H11NO5/c1-15-8-5-3-4-17-9(5)10(16-2)7(13)6(8)11(12)14/h3-4,13H,1-2H3,(H2,12,14). The van der Waals surface area contributed by atoms with Gasteiger partial charge in [-0.2, -0.15) is 0 Å². The molecule has 17 heavy (non-hydrogen) atoms. The minimum absolute atomic E-state index is 0.0552. The fourth-order valence-electron chi connectivity index (χ4n) is 1.76. The van der Waals surface area contributed by atoms with Crippen LogP contribution in [0.1, 0.15) is 10.4 Å². The average Bonchev–Trinajstić information content (AvgIpc) is 2.75. The molecule has 0 unspecified atom stereocenters. The van der Waals surface area contributed by atoms with Crippen molar-refractivity contribution in [2.75, 3.05) is 14.2 Å². The lowest BCUT2D eigenvalue weighted by atomic mass is 10.1. The van der Waals surface area contributed by atoms with Crippen molar-refractivity contribution in [3.8, 4) is 17.2 Å². The molecule has 0 aliphatic rings. The molecule has 0 radical (unpaired) electrons. The molecule has 0 fully saturated rings. The highest BCUT2D eigenvalue weighted by Crippen LogP contribution is 2.45. The fourth-order valence-corrected chi connectivity index (χ4v) is 1.76. The van der Waals surface area contributed by atoms with Gasteiger partial charge >= 0.3 is 0 Å². The normalized spacial score (nSPS) is 10.5. The van der Waals surface area contributed by atoms with E-state index >= 15 is 0 Å². The highest BCUT2D eigenvalue weighted by atomic mass is 16.5. The van der Waals surface area contributed by atoms with Crippen LogP contribution in [0.5, 0.6) is 17.2 Å². The molecule has 6 heteroatoms. The van der Waals surface area contributed by atoms with E-state index in [2.05, 4.69) is 0 Å². The Labute approximate surface area is 96.5 Å². The van der Waals surface area contributed by atoms with Crippen LogP contribution in [0, 0.1) is 0 Å². The van der Waals surface area contributed by atoms with Crippen LogP contribution in [-0.2, 0) is 0 Å². The molecule has 0 bridgehead atoms. The number of hydrogen-bond acceptors (Lipinski definition) is 5. The zero-order valence-corrected chi connectivity index (χ0v) is 9.31. The van der Waals surface area contributed by atoms with Gasteiger partial charge in [-0.15, -0.1) is 0 Å². The van der Waals surface area contributed by atoms with Gasteiger partial charge in [-0.25, -0.2) is 0 Å². The van der Waals surface area contributed by atoms with Gasteiger partial charge in [0.25, 0.3) is 5.91 Å². The summed E-state index contributed by atoms with van der Waals surface area (Å²) in [5.74, 6) is -0.973. The molecular formula is C11H11NO5. The first-order valence-electron chi connectivity index (χ1n) is 4.75. The number of primary amides is 1. The van der Waals surface area contributed by atoms with Crippen molar-refractivity contribution in [1.82, 2.24) is 0 Å². The number of ether oxygens (including phenoxy) is 2. The van der Waals surface area contributed by atoms with E-state index in [1.807, 2.05) is 0 Å². The Morgan fingerprint density at radius 2 is 2.00 bits per heavy atom. The number of amides is 1. The largest absolute Gasteiger partial charge is 0.504 e. The summed E-state index contributed by atoms with van der Waals surface area (Å²) in [5.41, 5.74) is 5.38. The smallest absolute Gasteiger partial charge is 0.256 e. The highest BCUT2D eigenvalue weighted by Gasteiger charge is 2.25. The zero-order valence-electron chi connectivity index (χ0n) is 9.31. The number of fused-ring (bicyclic) bond motifs is 1. The van der Waals surface area contributed by atoms with E-state index in [-0.39, 0.29) is 22.8 Å². The van der Waals surface area contributed by atoms with Gasteiger partial charge < -0.3 is 24.7 Å². The Hall–Kier alpha value is -2.37. The number of benzene rings is 1. The lowest BCUT2D eigenvalue weighted by Crippen LogP contribution is -2.13. The summed E-state index contributed by atoms with van der Waals surface area (Å²) in [6.07, 6.45) is 1.40. The van der Waals surface area contributed by atoms with Gasteiger partial charge in [-0.1, -0.05) is 0 Å². The number of nitrogens with two attached hydrogens (primary N) is 1. The Morgan fingerprint density at radius 1 is 1.35 bits per heavy atom. The van der Waals surface area contributed by atoms with E-state index in [9.17, 15) is 9.90 Å². The number of methoxy groups -OCH3 is 2. The van der Waals surface area contributed by atoms with E-state index in [1.165, 1.54) is 20.5 Å². The van der Waals surface area contributed by atoms with Crippen LogP contribution in [0.2, 0.25) is 0 Å². The maximum atomic E-state index is 11.3. The minimum Gasteiger partial charge on any atom is -0.504 e. The summed E-state index contributed by atoms with van der Waals surface area (Å²) in [6.45, 7) is 0. The molecule has 0 atom stereocenters. The summed E-state index contributed by atoms with van der Waals surface area (Å²) in [7, 11) is 2.73. The average molecular weight is 237 g/mol. The third-order valence-corrected chi connectivity index (χ3v) is 2.45. The first kappa shape index (κ1) is 11.1. The summed E-state index contributed by atoms with van der Waals surface area (Å²) >= 11 is 0. The SMILES string of the molecule is COc1c(C(N)=O)c(O)c(OC)c2occc12. The van der Waals surface area contributed by atoms with Crippen LogP contribution in [0.15, 0.2) is 16.7 Å². The number of carbonyl (C=O) groups excluding carboxylic acids is 1. The van der Waals surface area contributed by atoms with Crippen LogP contribution in [0.3, 0.4) is 0 Å². The Kier molecular flexibility index (Phi) is 2.55. The third-order valence-electron chi connectivity index (χ3n) is 2.45. The second-order valence-corrected chi connectivity index (χ2v) is 3.32. The second kappa shape index (κ2) is 3.89. The van der Waals surface area contributed by atoms with Gasteiger partial charge in [0.05, 0.1) is 25.9 Å². The topological polar surface area (TPSA) is 94.9 Å². The van der Waals surface area contributed by atoms with Crippen molar-refractivity contribution < 1.29 is 23.8 Å². The number of phenols is 1. The molecule has 2 rings (SSSR count). The number of furan rings is 1. The fraction of sp³-hybridized carbons (Fsp3) is 0.182. The molecule has 90 valence electrons. The van der Waals surface area contributed by atoms with E-state index in [1.54, 1.807) is 6.07 Å². The molecule has 3 N–H and O–H groups in total. The monoisotopic (exact) mass is 237 g/mol. The predicted octanol–water partition coefficient (Wildman–Crippen LogP) is 1.25. The van der Waals surface area contributed by atoms with Crippen molar-refractivity contribution in [3.05, 3.63) is 17.9 Å². The van der Waals surface area contributed by atoms with Gasteiger partial charge in [0.1, 0.15) is 11.3 Å². The number of carbonyl (C=O) groups is 1. The molecule has 0 aliphatic carbocycles. The molecule has 2 aromatic rings. The van der Waals surface area contributed by atoms with Crippen LogP contribution < -0.4 is 15.2 Å². The maximum Gasteiger partial charge on any atom is 0.256 e. The van der Waals surface area contributed by atoms with Crippen LogP contribution in [0.25, 0.3) is 11.0 Å². The summed E-state index contributed by atoms with van der Waals surface area (Å²) < 4.78 is 15.3. The van der Waals surface area contributed by atoms with Gasteiger partial charge in [-0.05, 0) is 6.07 Å². The quantitative estimate of drug-likeness (QED) is 0.837. The van der Waals surface area contributed by atoms with Crippen molar-refractivity contribution in [2.45, 2.75) is 0 Å². The van der Waals surface area contributed by atoms with Crippen molar-refractivity contribution in [2.24, 2.45) is 5.73 Å². The summed E-state index contributed by atoms with van der Waals surface area (Å²) in [4.78, 5) is 11.3. The first-order chi connectivity index (χ1) is 8.11. The van der Waals surface area contributed by atoms with Crippen molar-refractivity contribution in [3.63, 3.8) is 0 Å². The van der Waals surface area contributed by atoms with Crippen molar-refractivity contribution >= 4 is 16.9 Å². The third kappa shape index (κ3) is 1.45. The Morgan fingerprint density at radius 3 is 2.53 bits per heavy atom. The minimum atomic E-state index is -0.805. The molecule has 1 aromatic heterocycles. The molecule has 1 aromatic carbocycles. The van der Waals surface area contributed by atoms with E-state index in [4.69, 9.17) is 19.6 Å². The van der Waals surface area contributed by atoms with E-state index < -0.39 is 5.91 Å². The molecule has 0 aliphatic heterocycles. The number of hydrogen-bond donors (Lipinski definition) is 2. The first-order valence-corrected chi connectivity index (χ1v) is 4.75. The summed E-state index contributed by atoms with van der Waals surface area (Å²) in [6, 6.07) is 1.60. The lowest BCUT2D eigenvalue weighted by Gasteiger charge is -2.12. The van der Waals surface area contributed by atoms with Gasteiger partial charge in [0, 0.05) is 0 Å². The number of rotatable bonds is 3. The molecule has 0 saturated carbocycles. The molecule has 1 heterocycles. The Bertz CT molecular complexity index is 587. The van der Waals surface area contributed by atoms with E-state index in [0.717, 1.165) is 0 Å².